The van der Waals surface area contributed by atoms with Crippen LogP contribution in [0.3, 0.4) is 0 Å². The molecule has 1 saturated carbocycles. The molecule has 1 aliphatic carbocycles. The number of benzene rings is 1. The maximum atomic E-state index is 13.8. The molecule has 2 unspecified atom stereocenters. The zero-order valence-electron chi connectivity index (χ0n) is 28.8. The van der Waals surface area contributed by atoms with E-state index in [1.807, 2.05) is 45.9 Å². The number of rotatable bonds is 8. The van der Waals surface area contributed by atoms with E-state index in [1.54, 1.807) is 12.1 Å². The Morgan fingerprint density at radius 3 is 2.60 bits per heavy atom. The Morgan fingerprint density at radius 2 is 1.96 bits per heavy atom. The predicted molar refractivity (Wildman–Crippen MR) is 188 cm³/mol. The zero-order chi connectivity index (χ0) is 33.9. The van der Waals surface area contributed by atoms with E-state index in [-0.39, 0.29) is 22.7 Å². The summed E-state index contributed by atoms with van der Waals surface area (Å²) in [7, 11) is -3.99. The Kier molecular flexibility index (Phi) is 10.4. The van der Waals surface area contributed by atoms with Gasteiger partial charge in [0.05, 0.1) is 23.8 Å². The van der Waals surface area contributed by atoms with Crippen molar-refractivity contribution in [1.29, 1.82) is 0 Å². The van der Waals surface area contributed by atoms with Gasteiger partial charge in [-0.2, -0.15) is 4.98 Å². The number of likely N-dealkylation sites (tertiary alicyclic amines) is 1. The van der Waals surface area contributed by atoms with E-state index in [9.17, 15) is 8.42 Å². The second-order valence-electron chi connectivity index (χ2n) is 13.9. The van der Waals surface area contributed by atoms with E-state index < -0.39 is 10.0 Å². The molecule has 3 heterocycles. The summed E-state index contributed by atoms with van der Waals surface area (Å²) in [6.07, 6.45) is 13.2. The summed E-state index contributed by atoms with van der Waals surface area (Å²) in [5, 5.41) is 0. The van der Waals surface area contributed by atoms with Crippen LogP contribution in [0.4, 0.5) is 5.95 Å². The average Bonchev–Trinajstić information content (AvgIpc) is 3.02. The first-order valence-electron chi connectivity index (χ1n) is 16.9. The molecule has 5 rings (SSSR count). The molecule has 1 aromatic carbocycles. The Bertz CT molecular complexity index is 1690. The van der Waals surface area contributed by atoms with Gasteiger partial charge in [0.25, 0.3) is 10.0 Å². The number of hydrogen-bond acceptors (Lipinski definition) is 7. The summed E-state index contributed by atoms with van der Waals surface area (Å²) in [5.41, 5.74) is 4.23. The van der Waals surface area contributed by atoms with Crippen LogP contribution >= 0.6 is 0 Å². The lowest BCUT2D eigenvalue weighted by Crippen LogP contribution is -2.49. The van der Waals surface area contributed by atoms with Gasteiger partial charge in [-0.05, 0) is 113 Å². The number of piperidine rings is 1. The quantitative estimate of drug-likeness (QED) is 0.176. The molecule has 1 aromatic heterocycles. The molecule has 4 bridgehead atoms. The van der Waals surface area contributed by atoms with Crippen molar-refractivity contribution in [2.24, 2.45) is 23.2 Å². The van der Waals surface area contributed by atoms with Gasteiger partial charge in [-0.3, -0.25) is 0 Å². The standard InChI is InChI=1S/C38H50N4O4S/c1-9-26(6)35(27(7)10-2)33-21-34-40-37(39-33)41-47(43,44)32-14-12-13-29(20-32)36(30(24-46-34)19-25(4)5)31-22-38(23-31)15-17-42(18-16-38)28(8)45-11-3/h1,10,12-14,20-21,25,30-31,36H,8,11,15-19,22-24H2,2-7H3,(H,39,40,41)/b27-10-,35-26+. The number of allylic oxidation sites excluding steroid dienone is 4. The summed E-state index contributed by atoms with van der Waals surface area (Å²) in [5.74, 6) is 4.90. The normalized spacial score (nSPS) is 22.9. The molecule has 8 nitrogen and oxygen atoms in total. The summed E-state index contributed by atoms with van der Waals surface area (Å²) < 4.78 is 42.5. The number of anilines is 1. The van der Waals surface area contributed by atoms with Crippen LogP contribution in [0.1, 0.15) is 90.8 Å². The molecule has 0 amide bonds. The molecule has 2 aromatic rings. The lowest BCUT2D eigenvalue weighted by atomic mass is 9.52. The van der Waals surface area contributed by atoms with Crippen molar-refractivity contribution in [2.45, 2.75) is 84.5 Å². The second kappa shape index (κ2) is 14.1. The van der Waals surface area contributed by atoms with E-state index in [4.69, 9.17) is 15.9 Å². The van der Waals surface area contributed by atoms with E-state index in [0.717, 1.165) is 67.8 Å². The number of terminal acetylenes is 1. The average molecular weight is 659 g/mol. The van der Waals surface area contributed by atoms with Gasteiger partial charge in [-0.15, -0.1) is 6.42 Å². The molecular formula is C38H50N4O4S. The number of hydrogen-bond donors (Lipinski definition) is 1. The topological polar surface area (TPSA) is 93.7 Å². The summed E-state index contributed by atoms with van der Waals surface area (Å²) in [6.45, 7) is 19.3. The van der Waals surface area contributed by atoms with Gasteiger partial charge in [0, 0.05) is 36.2 Å². The van der Waals surface area contributed by atoms with Crippen LogP contribution in [0.2, 0.25) is 0 Å². The minimum Gasteiger partial charge on any atom is -0.480 e. The van der Waals surface area contributed by atoms with Crippen molar-refractivity contribution >= 4 is 21.5 Å². The van der Waals surface area contributed by atoms with E-state index in [2.05, 4.69) is 52.0 Å². The van der Waals surface area contributed by atoms with Gasteiger partial charge in [0.1, 0.15) is 0 Å². The first-order valence-corrected chi connectivity index (χ1v) is 18.4. The highest BCUT2D eigenvalue weighted by Crippen LogP contribution is 2.59. The minimum atomic E-state index is -3.99. The van der Waals surface area contributed by atoms with Gasteiger partial charge >= 0.3 is 0 Å². The van der Waals surface area contributed by atoms with Gasteiger partial charge < -0.3 is 14.4 Å². The third-order valence-corrected chi connectivity index (χ3v) is 11.6. The predicted octanol–water partition coefficient (Wildman–Crippen LogP) is 7.79. The van der Waals surface area contributed by atoms with E-state index in [0.29, 0.717) is 47.6 Å². The van der Waals surface area contributed by atoms with Gasteiger partial charge in [-0.1, -0.05) is 38.0 Å². The van der Waals surface area contributed by atoms with Crippen LogP contribution in [-0.4, -0.2) is 49.6 Å². The Morgan fingerprint density at radius 1 is 1.23 bits per heavy atom. The fourth-order valence-electron chi connectivity index (χ4n) is 7.90. The fraction of sp³-hybridized carbons (Fsp3) is 0.526. The van der Waals surface area contributed by atoms with Crippen LogP contribution in [0.5, 0.6) is 5.88 Å². The maximum Gasteiger partial charge on any atom is 0.264 e. The van der Waals surface area contributed by atoms with E-state index >= 15 is 0 Å². The smallest absolute Gasteiger partial charge is 0.264 e. The molecule has 2 aliphatic heterocycles. The number of fused-ring (bicyclic) bond motifs is 4. The molecule has 1 N–H and O–H groups in total. The van der Waals surface area contributed by atoms with Crippen LogP contribution in [0.15, 0.2) is 64.9 Å². The molecule has 9 heteroatoms. The molecular weight excluding hydrogens is 609 g/mol. The summed E-state index contributed by atoms with van der Waals surface area (Å²) in [6, 6.07) is 9.22. The molecule has 47 heavy (non-hydrogen) atoms. The van der Waals surface area contributed by atoms with Crippen LogP contribution < -0.4 is 9.46 Å². The summed E-state index contributed by atoms with van der Waals surface area (Å²) in [4.78, 5) is 11.6. The van der Waals surface area contributed by atoms with Crippen molar-refractivity contribution < 1.29 is 17.9 Å². The second-order valence-corrected chi connectivity index (χ2v) is 15.6. The van der Waals surface area contributed by atoms with Gasteiger partial charge in [-0.25, -0.2) is 18.1 Å². The summed E-state index contributed by atoms with van der Waals surface area (Å²) >= 11 is 0. The SMILES string of the molecule is C#C/C(C)=C(\C(C)=C/C)c1cc2nc(n1)NS(=O)(=O)c1cccc(c1)C(C1CC3(CCN(C(=C)OCC)CC3)C1)C(CC(C)C)CO2. The lowest BCUT2D eigenvalue weighted by molar-refractivity contribution is -0.0414. The highest BCUT2D eigenvalue weighted by molar-refractivity contribution is 7.92. The Hall–Kier alpha value is -3.77. The lowest BCUT2D eigenvalue weighted by Gasteiger charge is -2.56. The third kappa shape index (κ3) is 7.54. The van der Waals surface area contributed by atoms with Crippen molar-refractivity contribution in [3.05, 3.63) is 71.3 Å². The first kappa shape index (κ1) is 34.6. The fourth-order valence-corrected chi connectivity index (χ4v) is 8.89. The minimum absolute atomic E-state index is 0.0500. The van der Waals surface area contributed by atoms with Crippen LogP contribution in [-0.2, 0) is 14.8 Å². The van der Waals surface area contributed by atoms with Gasteiger partial charge in [0.15, 0.2) is 5.88 Å². The zero-order valence-corrected chi connectivity index (χ0v) is 29.6. The molecule has 1 saturated heterocycles. The van der Waals surface area contributed by atoms with Crippen molar-refractivity contribution in [1.82, 2.24) is 14.9 Å². The molecule has 2 fully saturated rings. The highest BCUT2D eigenvalue weighted by atomic mass is 32.2. The number of ether oxygens (including phenoxy) is 2. The van der Waals surface area contributed by atoms with Gasteiger partial charge in [0.2, 0.25) is 11.8 Å². The number of sulfonamides is 1. The largest absolute Gasteiger partial charge is 0.480 e. The first-order chi connectivity index (χ1) is 22.4. The molecule has 1 spiro atoms. The molecule has 252 valence electrons. The van der Waals surface area contributed by atoms with Crippen molar-refractivity contribution in [3.63, 3.8) is 0 Å². The Labute approximate surface area is 281 Å². The van der Waals surface area contributed by atoms with Crippen LogP contribution in [0, 0.1) is 35.5 Å². The third-order valence-electron chi connectivity index (χ3n) is 10.3. The Balaban J connectivity index is 1.52. The van der Waals surface area contributed by atoms with Crippen molar-refractivity contribution in [2.75, 3.05) is 31.0 Å². The van der Waals surface area contributed by atoms with Crippen molar-refractivity contribution in [3.8, 4) is 18.2 Å². The molecule has 2 atom stereocenters. The van der Waals surface area contributed by atoms with E-state index in [1.165, 1.54) is 0 Å². The number of nitrogens with one attached hydrogen (secondary N) is 1. The molecule has 0 radical (unpaired) electrons. The van der Waals surface area contributed by atoms with Crippen LogP contribution in [0.25, 0.3) is 5.57 Å². The maximum absolute atomic E-state index is 13.8. The number of nitrogens with zero attached hydrogens (tertiary/aromatic N) is 3. The molecule has 3 aliphatic rings. The monoisotopic (exact) mass is 658 g/mol. The highest BCUT2D eigenvalue weighted by Gasteiger charge is 2.50. The number of aromatic nitrogens is 2.